The molecule has 29 heavy (non-hydrogen) atoms. The van der Waals surface area contributed by atoms with Crippen LogP contribution in [0.3, 0.4) is 0 Å². The fraction of sp³-hybridized carbons (Fsp3) is 0.217. The minimum atomic E-state index is 0.610. The molecule has 0 atom stereocenters. The van der Waals surface area contributed by atoms with Crippen LogP contribution in [0.5, 0.6) is 11.5 Å². The maximum atomic E-state index is 5.76. The van der Waals surface area contributed by atoms with Crippen LogP contribution >= 0.6 is 12.2 Å². The Bertz CT molecular complexity index is 963. The van der Waals surface area contributed by atoms with Crippen molar-refractivity contribution in [3.63, 3.8) is 0 Å². The van der Waals surface area contributed by atoms with Crippen LogP contribution in [0.4, 0.5) is 5.69 Å². The van der Waals surface area contributed by atoms with Gasteiger partial charge in [-0.3, -0.25) is 4.98 Å². The second kappa shape index (κ2) is 9.89. The highest BCUT2D eigenvalue weighted by atomic mass is 32.1. The maximum Gasteiger partial charge on any atom is 0.174 e. The minimum Gasteiger partial charge on any atom is -0.497 e. The van der Waals surface area contributed by atoms with Crippen molar-refractivity contribution in [3.8, 4) is 11.5 Å². The molecule has 0 spiro atoms. The van der Waals surface area contributed by atoms with E-state index in [2.05, 4.69) is 21.3 Å². The van der Waals surface area contributed by atoms with Gasteiger partial charge in [-0.25, -0.2) is 0 Å². The van der Waals surface area contributed by atoms with Crippen LogP contribution in [0.25, 0.3) is 0 Å². The van der Waals surface area contributed by atoms with E-state index in [1.54, 1.807) is 20.4 Å². The Morgan fingerprint density at radius 2 is 1.79 bits per heavy atom. The number of anilines is 1. The lowest BCUT2D eigenvalue weighted by molar-refractivity contribution is 0.401. The summed E-state index contributed by atoms with van der Waals surface area (Å²) in [6, 6.07) is 18.0. The first kappa shape index (κ1) is 20.6. The molecule has 150 valence electrons. The van der Waals surface area contributed by atoms with Gasteiger partial charge in [-0.1, -0.05) is 24.3 Å². The molecule has 0 aliphatic carbocycles. The smallest absolute Gasteiger partial charge is 0.174 e. The van der Waals surface area contributed by atoms with Gasteiger partial charge in [0.25, 0.3) is 0 Å². The monoisotopic (exact) mass is 407 g/mol. The van der Waals surface area contributed by atoms with Gasteiger partial charge in [-0.15, -0.1) is 0 Å². The molecule has 3 rings (SSSR count). The van der Waals surface area contributed by atoms with Crippen LogP contribution in [0.1, 0.15) is 16.7 Å². The molecule has 0 bridgehead atoms. The van der Waals surface area contributed by atoms with Gasteiger partial charge in [0.15, 0.2) is 5.11 Å². The fourth-order valence-corrected chi connectivity index (χ4v) is 3.24. The topological polar surface area (TPSA) is 46.6 Å². The quantitative estimate of drug-likeness (QED) is 0.568. The number of thiocarbonyl (C=S) groups is 1. The molecule has 1 heterocycles. The highest BCUT2D eigenvalue weighted by Gasteiger charge is 2.14. The zero-order chi connectivity index (χ0) is 20.6. The second-order valence-electron chi connectivity index (χ2n) is 6.70. The van der Waals surface area contributed by atoms with Gasteiger partial charge in [-0.2, -0.15) is 0 Å². The highest BCUT2D eigenvalue weighted by Crippen LogP contribution is 2.26. The molecule has 6 heteroatoms. The lowest BCUT2D eigenvalue weighted by Gasteiger charge is -2.27. The highest BCUT2D eigenvalue weighted by molar-refractivity contribution is 7.80. The Kier molecular flexibility index (Phi) is 7.03. The van der Waals surface area contributed by atoms with Gasteiger partial charge in [0.1, 0.15) is 11.5 Å². The van der Waals surface area contributed by atoms with Gasteiger partial charge in [0.2, 0.25) is 0 Å². The molecule has 0 saturated carbocycles. The normalized spacial score (nSPS) is 10.3. The molecule has 0 unspecified atom stereocenters. The first-order valence-corrected chi connectivity index (χ1v) is 9.72. The Morgan fingerprint density at radius 3 is 2.52 bits per heavy atom. The lowest BCUT2D eigenvalue weighted by atomic mass is 10.2. The third-order valence-electron chi connectivity index (χ3n) is 4.49. The van der Waals surface area contributed by atoms with Gasteiger partial charge in [0.05, 0.1) is 19.9 Å². The summed E-state index contributed by atoms with van der Waals surface area (Å²) in [5.41, 5.74) is 4.15. The molecule has 0 saturated heterocycles. The van der Waals surface area contributed by atoms with Gasteiger partial charge < -0.3 is 19.7 Å². The van der Waals surface area contributed by atoms with Crippen LogP contribution < -0.4 is 14.8 Å². The first-order valence-electron chi connectivity index (χ1n) is 9.31. The predicted molar refractivity (Wildman–Crippen MR) is 120 cm³/mol. The van der Waals surface area contributed by atoms with Crippen molar-refractivity contribution < 1.29 is 9.47 Å². The zero-order valence-electron chi connectivity index (χ0n) is 16.9. The summed E-state index contributed by atoms with van der Waals surface area (Å²) in [7, 11) is 3.33. The molecular weight excluding hydrogens is 382 g/mol. The van der Waals surface area contributed by atoms with Crippen molar-refractivity contribution >= 4 is 23.0 Å². The first-order chi connectivity index (χ1) is 14.1. The molecule has 3 aromatic rings. The summed E-state index contributed by atoms with van der Waals surface area (Å²) < 4.78 is 10.9. The maximum absolute atomic E-state index is 5.76. The Morgan fingerprint density at radius 1 is 1.00 bits per heavy atom. The largest absolute Gasteiger partial charge is 0.497 e. The van der Waals surface area contributed by atoms with Crippen LogP contribution in [0.15, 0.2) is 67.0 Å². The predicted octanol–water partition coefficient (Wildman–Crippen LogP) is 4.81. The molecule has 0 aliphatic heterocycles. The minimum absolute atomic E-state index is 0.610. The van der Waals surface area contributed by atoms with Crippen molar-refractivity contribution in [3.05, 3.63) is 83.7 Å². The SMILES string of the molecule is COc1cccc(CN(Cc2cccnc2)C(=S)Nc2ccc(C)cc2OC)c1. The van der Waals surface area contributed by atoms with Crippen molar-refractivity contribution in [2.24, 2.45) is 0 Å². The number of benzene rings is 2. The fourth-order valence-electron chi connectivity index (χ4n) is 3.00. The number of rotatable bonds is 7. The van der Waals surface area contributed by atoms with E-state index in [0.717, 1.165) is 33.9 Å². The number of nitrogens with zero attached hydrogens (tertiary/aromatic N) is 2. The van der Waals surface area contributed by atoms with E-state index in [9.17, 15) is 0 Å². The number of hydrogen-bond acceptors (Lipinski definition) is 4. The van der Waals surface area contributed by atoms with Gasteiger partial charge in [-0.05, 0) is 66.2 Å². The van der Waals surface area contributed by atoms with Crippen molar-refractivity contribution in [2.75, 3.05) is 19.5 Å². The lowest BCUT2D eigenvalue weighted by Crippen LogP contribution is -2.34. The van der Waals surface area contributed by atoms with Crippen LogP contribution in [0.2, 0.25) is 0 Å². The zero-order valence-corrected chi connectivity index (χ0v) is 17.7. The third-order valence-corrected chi connectivity index (χ3v) is 4.85. The average molecular weight is 408 g/mol. The number of hydrogen-bond donors (Lipinski definition) is 1. The van der Waals surface area contributed by atoms with Crippen molar-refractivity contribution in [1.82, 2.24) is 9.88 Å². The van der Waals surface area contributed by atoms with E-state index in [1.807, 2.05) is 61.7 Å². The summed E-state index contributed by atoms with van der Waals surface area (Å²) in [5.74, 6) is 1.58. The molecule has 1 aromatic heterocycles. The number of ether oxygens (including phenoxy) is 2. The average Bonchev–Trinajstić information content (AvgIpc) is 2.75. The van der Waals surface area contributed by atoms with Crippen molar-refractivity contribution in [1.29, 1.82) is 0 Å². The summed E-state index contributed by atoms with van der Waals surface area (Å²) in [5, 5.41) is 3.95. The Hall–Kier alpha value is -3.12. The summed E-state index contributed by atoms with van der Waals surface area (Å²) in [4.78, 5) is 6.32. The van der Waals surface area contributed by atoms with Gasteiger partial charge in [0, 0.05) is 25.5 Å². The number of aryl methyl sites for hydroxylation is 1. The van der Waals surface area contributed by atoms with Crippen LogP contribution in [-0.2, 0) is 13.1 Å². The van der Waals surface area contributed by atoms with Gasteiger partial charge >= 0.3 is 0 Å². The van der Waals surface area contributed by atoms with Crippen molar-refractivity contribution in [2.45, 2.75) is 20.0 Å². The second-order valence-corrected chi connectivity index (χ2v) is 7.09. The van der Waals surface area contributed by atoms with Crippen LogP contribution in [0, 0.1) is 6.92 Å². The molecule has 0 fully saturated rings. The Balaban J connectivity index is 1.84. The number of nitrogens with one attached hydrogen (secondary N) is 1. The third kappa shape index (κ3) is 5.68. The molecule has 5 nitrogen and oxygen atoms in total. The summed E-state index contributed by atoms with van der Waals surface area (Å²) in [6.45, 7) is 3.29. The Labute approximate surface area is 177 Å². The van der Waals surface area contributed by atoms with E-state index >= 15 is 0 Å². The van der Waals surface area contributed by atoms with E-state index in [1.165, 1.54) is 0 Å². The van der Waals surface area contributed by atoms with E-state index in [-0.39, 0.29) is 0 Å². The number of methoxy groups -OCH3 is 2. The molecule has 2 aromatic carbocycles. The molecule has 0 radical (unpaired) electrons. The summed E-state index contributed by atoms with van der Waals surface area (Å²) in [6.07, 6.45) is 3.62. The molecule has 0 amide bonds. The van der Waals surface area contributed by atoms with E-state index < -0.39 is 0 Å². The standard InChI is InChI=1S/C23H25N3O2S/c1-17-9-10-21(22(12-17)28-3)25-23(29)26(16-19-7-5-11-24-14-19)15-18-6-4-8-20(13-18)27-2/h4-14H,15-16H2,1-3H3,(H,25,29). The molecular formula is C23H25N3O2S. The number of aromatic nitrogens is 1. The molecule has 1 N–H and O–H groups in total. The number of pyridine rings is 1. The van der Waals surface area contributed by atoms with E-state index in [4.69, 9.17) is 21.7 Å². The summed E-state index contributed by atoms with van der Waals surface area (Å²) >= 11 is 5.76. The van der Waals surface area contributed by atoms with Crippen LogP contribution in [-0.4, -0.2) is 29.2 Å². The van der Waals surface area contributed by atoms with E-state index in [0.29, 0.717) is 18.2 Å². The molecule has 0 aliphatic rings.